The number of methoxy groups -OCH3 is 1. The Balaban J connectivity index is 2.28. The van der Waals surface area contributed by atoms with E-state index in [0.29, 0.717) is 17.2 Å². The van der Waals surface area contributed by atoms with E-state index in [2.05, 4.69) is 0 Å². The van der Waals surface area contributed by atoms with Crippen LogP contribution in [0.3, 0.4) is 0 Å². The molecule has 1 aromatic heterocycles. The molecule has 1 heterocycles. The first kappa shape index (κ1) is 13.2. The van der Waals surface area contributed by atoms with Crippen LogP contribution >= 0.6 is 0 Å². The van der Waals surface area contributed by atoms with Crippen molar-refractivity contribution >= 4 is 11.6 Å². The van der Waals surface area contributed by atoms with E-state index in [0.717, 1.165) is 0 Å². The van der Waals surface area contributed by atoms with Gasteiger partial charge in [-0.25, -0.2) is 0 Å². The minimum atomic E-state index is -0.246. The molecule has 0 aliphatic rings. The maximum Gasteiger partial charge on any atom is 0.293 e. The fraction of sp³-hybridized carbons (Fsp3) is 0.214. The van der Waals surface area contributed by atoms with Crippen LogP contribution in [0.2, 0.25) is 0 Å². The highest BCUT2D eigenvalue weighted by atomic mass is 16.5. The van der Waals surface area contributed by atoms with E-state index in [1.54, 1.807) is 32.4 Å². The van der Waals surface area contributed by atoms with Gasteiger partial charge in [-0.3, -0.25) is 4.79 Å². The van der Waals surface area contributed by atoms with Crippen LogP contribution in [0.15, 0.2) is 40.8 Å². The number of furan rings is 1. The van der Waals surface area contributed by atoms with Crippen LogP contribution in [0.1, 0.15) is 16.3 Å². The molecule has 0 bridgehead atoms. The van der Waals surface area contributed by atoms with Crippen LogP contribution in [-0.2, 0) is 6.54 Å². The summed E-state index contributed by atoms with van der Waals surface area (Å²) >= 11 is 0. The van der Waals surface area contributed by atoms with E-state index >= 15 is 0 Å². The lowest BCUT2D eigenvalue weighted by Gasteiger charge is -2.18. The summed E-state index contributed by atoms with van der Waals surface area (Å²) in [5.74, 6) is 1.22. The molecule has 0 unspecified atom stereocenters. The molecule has 5 heteroatoms. The van der Waals surface area contributed by atoms with E-state index in [4.69, 9.17) is 14.9 Å². The van der Waals surface area contributed by atoms with Crippen molar-refractivity contribution in [3.63, 3.8) is 0 Å². The number of para-hydroxylation sites is 2. The quantitative estimate of drug-likeness (QED) is 0.913. The van der Waals surface area contributed by atoms with Crippen LogP contribution < -0.4 is 15.4 Å². The van der Waals surface area contributed by atoms with Gasteiger partial charge in [0.2, 0.25) is 0 Å². The van der Waals surface area contributed by atoms with Gasteiger partial charge in [-0.05, 0) is 24.3 Å². The molecule has 100 valence electrons. The van der Waals surface area contributed by atoms with Gasteiger partial charge in [-0.15, -0.1) is 0 Å². The van der Waals surface area contributed by atoms with Crippen molar-refractivity contribution in [2.75, 3.05) is 19.1 Å². The number of carbonyl (C=O) groups excluding carboxylic acids is 1. The van der Waals surface area contributed by atoms with E-state index in [1.165, 1.54) is 4.90 Å². The molecule has 1 aromatic carbocycles. The Morgan fingerprint density at radius 2 is 2.05 bits per heavy atom. The maximum absolute atomic E-state index is 12.3. The van der Waals surface area contributed by atoms with Gasteiger partial charge in [0.15, 0.2) is 5.76 Å². The van der Waals surface area contributed by atoms with Gasteiger partial charge in [0.25, 0.3) is 5.91 Å². The molecule has 0 aliphatic carbocycles. The number of hydrogen-bond donors (Lipinski definition) is 1. The smallest absolute Gasteiger partial charge is 0.293 e. The highest BCUT2D eigenvalue weighted by Crippen LogP contribution is 2.27. The van der Waals surface area contributed by atoms with Gasteiger partial charge in [-0.1, -0.05) is 12.1 Å². The maximum atomic E-state index is 12.3. The standard InChI is InChI=1S/C14H16N2O3/c1-16(11-5-3-4-6-12(11)18-2)14(17)13-8-7-10(9-15)19-13/h3-8H,9,15H2,1-2H3. The van der Waals surface area contributed by atoms with Crippen LogP contribution in [0.4, 0.5) is 5.69 Å². The normalized spacial score (nSPS) is 10.3. The third-order valence-electron chi connectivity index (χ3n) is 2.82. The fourth-order valence-electron chi connectivity index (χ4n) is 1.78. The Bertz CT molecular complexity index is 578. The number of carbonyl (C=O) groups is 1. The average Bonchev–Trinajstić information content (AvgIpc) is 2.94. The molecule has 0 fully saturated rings. The molecule has 0 saturated heterocycles. The monoisotopic (exact) mass is 260 g/mol. The minimum Gasteiger partial charge on any atom is -0.495 e. The Morgan fingerprint density at radius 3 is 2.68 bits per heavy atom. The highest BCUT2D eigenvalue weighted by Gasteiger charge is 2.19. The number of amides is 1. The van der Waals surface area contributed by atoms with E-state index in [1.807, 2.05) is 18.2 Å². The Morgan fingerprint density at radius 1 is 1.32 bits per heavy atom. The molecule has 0 saturated carbocycles. The number of nitrogens with zero attached hydrogens (tertiary/aromatic N) is 1. The number of nitrogens with two attached hydrogens (primary N) is 1. The Hall–Kier alpha value is -2.27. The molecule has 2 rings (SSSR count). The zero-order valence-electron chi connectivity index (χ0n) is 10.9. The van der Waals surface area contributed by atoms with E-state index in [-0.39, 0.29) is 18.2 Å². The number of hydrogen-bond acceptors (Lipinski definition) is 4. The predicted octanol–water partition coefficient (Wildman–Crippen LogP) is 2.02. The molecule has 0 atom stereocenters. The van der Waals surface area contributed by atoms with Gasteiger partial charge in [0.05, 0.1) is 19.3 Å². The SMILES string of the molecule is COc1ccccc1N(C)C(=O)c1ccc(CN)o1. The summed E-state index contributed by atoms with van der Waals surface area (Å²) < 4.78 is 10.6. The Labute approximate surface area is 111 Å². The first-order valence-corrected chi connectivity index (χ1v) is 5.87. The molecule has 2 N–H and O–H groups in total. The summed E-state index contributed by atoms with van der Waals surface area (Å²) in [5.41, 5.74) is 6.14. The zero-order valence-corrected chi connectivity index (χ0v) is 10.9. The van der Waals surface area contributed by atoms with Crippen LogP contribution in [-0.4, -0.2) is 20.1 Å². The van der Waals surface area contributed by atoms with Crippen molar-refractivity contribution in [1.82, 2.24) is 0 Å². The first-order valence-electron chi connectivity index (χ1n) is 5.87. The van der Waals surface area contributed by atoms with Gasteiger partial charge < -0.3 is 19.8 Å². The molecule has 19 heavy (non-hydrogen) atoms. The number of ether oxygens (including phenoxy) is 1. The van der Waals surface area contributed by atoms with Crippen molar-refractivity contribution in [1.29, 1.82) is 0 Å². The average molecular weight is 260 g/mol. The second-order valence-electron chi connectivity index (χ2n) is 4.01. The van der Waals surface area contributed by atoms with E-state index in [9.17, 15) is 4.79 Å². The summed E-state index contributed by atoms with van der Waals surface area (Å²) in [7, 11) is 3.24. The van der Waals surface area contributed by atoms with Crippen molar-refractivity contribution in [2.24, 2.45) is 5.73 Å². The molecule has 2 aromatic rings. The van der Waals surface area contributed by atoms with E-state index < -0.39 is 0 Å². The van der Waals surface area contributed by atoms with Gasteiger partial charge in [0, 0.05) is 7.05 Å². The van der Waals surface area contributed by atoms with Crippen LogP contribution in [0.25, 0.3) is 0 Å². The molecular formula is C14H16N2O3. The topological polar surface area (TPSA) is 68.7 Å². The second-order valence-corrected chi connectivity index (χ2v) is 4.01. The number of anilines is 1. The highest BCUT2D eigenvalue weighted by molar-refractivity contribution is 6.04. The molecule has 0 radical (unpaired) electrons. The van der Waals surface area contributed by atoms with Gasteiger partial charge in [0.1, 0.15) is 11.5 Å². The summed E-state index contributed by atoms with van der Waals surface area (Å²) in [4.78, 5) is 13.8. The second kappa shape index (κ2) is 5.58. The molecule has 0 spiro atoms. The lowest BCUT2D eigenvalue weighted by atomic mass is 10.2. The number of benzene rings is 1. The summed E-state index contributed by atoms with van der Waals surface area (Å²) in [5, 5.41) is 0. The van der Waals surface area contributed by atoms with Crippen molar-refractivity contribution < 1.29 is 13.9 Å². The first-order chi connectivity index (χ1) is 9.17. The zero-order chi connectivity index (χ0) is 13.8. The molecule has 0 aliphatic heterocycles. The lowest BCUT2D eigenvalue weighted by molar-refractivity contribution is 0.0964. The summed E-state index contributed by atoms with van der Waals surface area (Å²) in [6.07, 6.45) is 0. The molecular weight excluding hydrogens is 244 g/mol. The summed E-state index contributed by atoms with van der Waals surface area (Å²) in [6, 6.07) is 10.6. The fourth-order valence-corrected chi connectivity index (χ4v) is 1.78. The van der Waals surface area contributed by atoms with Crippen molar-refractivity contribution in [3.8, 4) is 5.75 Å². The Kier molecular flexibility index (Phi) is 3.87. The van der Waals surface area contributed by atoms with Crippen molar-refractivity contribution in [3.05, 3.63) is 47.9 Å². The lowest BCUT2D eigenvalue weighted by Crippen LogP contribution is -2.26. The van der Waals surface area contributed by atoms with Gasteiger partial charge in [-0.2, -0.15) is 0 Å². The summed E-state index contributed by atoms with van der Waals surface area (Å²) in [6.45, 7) is 0.269. The third-order valence-corrected chi connectivity index (χ3v) is 2.82. The predicted molar refractivity (Wildman–Crippen MR) is 72.3 cm³/mol. The third kappa shape index (κ3) is 2.61. The largest absolute Gasteiger partial charge is 0.495 e. The van der Waals surface area contributed by atoms with Crippen molar-refractivity contribution in [2.45, 2.75) is 6.54 Å². The molecule has 5 nitrogen and oxygen atoms in total. The van der Waals surface area contributed by atoms with Gasteiger partial charge >= 0.3 is 0 Å². The van der Waals surface area contributed by atoms with Crippen LogP contribution in [0.5, 0.6) is 5.75 Å². The number of rotatable bonds is 4. The minimum absolute atomic E-state index is 0.246. The molecule has 1 amide bonds. The van der Waals surface area contributed by atoms with Crippen LogP contribution in [0, 0.1) is 0 Å².